The SMILES string of the molecule is CN=C(NCC(OC)c1ccc(F)cc1)NC1CCN(c2ccccc2OC)C1. The highest BCUT2D eigenvalue weighted by Gasteiger charge is 2.25. The lowest BCUT2D eigenvalue weighted by Gasteiger charge is -2.23. The first-order valence-corrected chi connectivity index (χ1v) is 9.78. The van der Waals surface area contributed by atoms with Gasteiger partial charge in [-0.05, 0) is 36.2 Å². The molecule has 0 aliphatic carbocycles. The largest absolute Gasteiger partial charge is 0.495 e. The third-order valence-corrected chi connectivity index (χ3v) is 5.16. The molecular formula is C22H29FN4O2. The molecule has 1 aliphatic heterocycles. The zero-order valence-electron chi connectivity index (χ0n) is 17.2. The minimum Gasteiger partial charge on any atom is -0.495 e. The van der Waals surface area contributed by atoms with Crippen LogP contribution in [0.1, 0.15) is 18.1 Å². The van der Waals surface area contributed by atoms with Crippen LogP contribution in [0.25, 0.3) is 0 Å². The van der Waals surface area contributed by atoms with E-state index in [4.69, 9.17) is 9.47 Å². The summed E-state index contributed by atoms with van der Waals surface area (Å²) in [6.45, 7) is 2.35. The molecule has 7 heteroatoms. The van der Waals surface area contributed by atoms with Crippen LogP contribution < -0.4 is 20.3 Å². The summed E-state index contributed by atoms with van der Waals surface area (Å²) in [5.74, 6) is 1.36. The number of ether oxygens (including phenoxy) is 2. The molecule has 0 saturated carbocycles. The minimum absolute atomic E-state index is 0.192. The molecule has 2 aromatic carbocycles. The number of methoxy groups -OCH3 is 2. The van der Waals surface area contributed by atoms with E-state index in [2.05, 4.69) is 26.6 Å². The molecular weight excluding hydrogens is 371 g/mol. The van der Waals surface area contributed by atoms with Crippen molar-refractivity contribution in [2.24, 2.45) is 4.99 Å². The molecule has 1 saturated heterocycles. The fraction of sp³-hybridized carbons (Fsp3) is 0.409. The van der Waals surface area contributed by atoms with Crippen molar-refractivity contribution in [3.05, 3.63) is 59.9 Å². The van der Waals surface area contributed by atoms with Gasteiger partial charge in [0, 0.05) is 39.8 Å². The Balaban J connectivity index is 1.54. The summed E-state index contributed by atoms with van der Waals surface area (Å²) in [5, 5.41) is 6.80. The van der Waals surface area contributed by atoms with Gasteiger partial charge in [0.05, 0.1) is 18.9 Å². The second kappa shape index (κ2) is 10.1. The monoisotopic (exact) mass is 400 g/mol. The lowest BCUT2D eigenvalue weighted by Crippen LogP contribution is -2.45. The van der Waals surface area contributed by atoms with Crippen molar-refractivity contribution >= 4 is 11.6 Å². The summed E-state index contributed by atoms with van der Waals surface area (Å²) in [7, 11) is 5.10. The average molecular weight is 400 g/mol. The van der Waals surface area contributed by atoms with Crippen molar-refractivity contribution in [3.8, 4) is 5.75 Å². The summed E-state index contributed by atoms with van der Waals surface area (Å²) >= 11 is 0. The number of aliphatic imine (C=N–C) groups is 1. The van der Waals surface area contributed by atoms with E-state index in [0.717, 1.165) is 42.5 Å². The molecule has 1 fully saturated rings. The van der Waals surface area contributed by atoms with Crippen molar-refractivity contribution in [1.29, 1.82) is 0 Å². The van der Waals surface area contributed by atoms with Crippen LogP contribution in [0.3, 0.4) is 0 Å². The van der Waals surface area contributed by atoms with Crippen LogP contribution in [0.4, 0.5) is 10.1 Å². The van der Waals surface area contributed by atoms with E-state index in [-0.39, 0.29) is 18.0 Å². The molecule has 2 aromatic rings. The van der Waals surface area contributed by atoms with E-state index in [0.29, 0.717) is 6.54 Å². The number of halogens is 1. The van der Waals surface area contributed by atoms with E-state index in [1.807, 2.05) is 18.2 Å². The van der Waals surface area contributed by atoms with E-state index >= 15 is 0 Å². The maximum Gasteiger partial charge on any atom is 0.191 e. The maximum absolute atomic E-state index is 13.2. The Kier molecular flexibility index (Phi) is 7.30. The molecule has 0 aromatic heterocycles. The Hall–Kier alpha value is -2.80. The van der Waals surface area contributed by atoms with Gasteiger partial charge in [-0.25, -0.2) is 4.39 Å². The predicted molar refractivity (Wildman–Crippen MR) is 114 cm³/mol. The molecule has 0 radical (unpaired) electrons. The van der Waals surface area contributed by atoms with Crippen LogP contribution in [-0.2, 0) is 4.74 Å². The number of benzene rings is 2. The lowest BCUT2D eigenvalue weighted by atomic mass is 10.1. The molecule has 3 rings (SSSR count). The number of nitrogens with zero attached hydrogens (tertiary/aromatic N) is 2. The standard InChI is InChI=1S/C22H29FN4O2/c1-24-22(25-14-21(29-3)16-8-10-17(23)11-9-16)26-18-12-13-27(15-18)19-6-4-5-7-20(19)28-2/h4-11,18,21H,12-15H2,1-3H3,(H2,24,25,26). The summed E-state index contributed by atoms with van der Waals surface area (Å²) in [4.78, 5) is 6.65. The van der Waals surface area contributed by atoms with Gasteiger partial charge in [0.2, 0.25) is 0 Å². The van der Waals surface area contributed by atoms with Crippen LogP contribution in [0.5, 0.6) is 5.75 Å². The Morgan fingerprint density at radius 2 is 1.97 bits per heavy atom. The summed E-state index contributed by atoms with van der Waals surface area (Å²) < 4.78 is 24.2. The van der Waals surface area contributed by atoms with Gasteiger partial charge in [0.25, 0.3) is 0 Å². The molecule has 29 heavy (non-hydrogen) atoms. The van der Waals surface area contributed by atoms with Crippen LogP contribution in [-0.4, -0.2) is 52.9 Å². The minimum atomic E-state index is -0.255. The van der Waals surface area contributed by atoms with Gasteiger partial charge < -0.3 is 25.0 Å². The number of anilines is 1. The van der Waals surface area contributed by atoms with E-state index in [9.17, 15) is 4.39 Å². The highest BCUT2D eigenvalue weighted by Crippen LogP contribution is 2.30. The highest BCUT2D eigenvalue weighted by atomic mass is 19.1. The van der Waals surface area contributed by atoms with Gasteiger partial charge >= 0.3 is 0 Å². The molecule has 2 atom stereocenters. The summed E-state index contributed by atoms with van der Waals surface area (Å²) in [5.41, 5.74) is 2.03. The van der Waals surface area contributed by atoms with Gasteiger partial charge in [0.15, 0.2) is 5.96 Å². The maximum atomic E-state index is 13.2. The molecule has 1 heterocycles. The van der Waals surface area contributed by atoms with Crippen LogP contribution in [0, 0.1) is 5.82 Å². The smallest absolute Gasteiger partial charge is 0.191 e. The molecule has 0 amide bonds. The topological polar surface area (TPSA) is 58.1 Å². The predicted octanol–water partition coefficient (Wildman–Crippen LogP) is 2.97. The number of rotatable bonds is 7. The molecule has 0 spiro atoms. The third kappa shape index (κ3) is 5.38. The average Bonchev–Trinajstić information content (AvgIpc) is 3.22. The van der Waals surface area contributed by atoms with E-state index in [1.54, 1.807) is 33.4 Å². The van der Waals surface area contributed by atoms with Crippen LogP contribution in [0.15, 0.2) is 53.5 Å². The lowest BCUT2D eigenvalue weighted by molar-refractivity contribution is 0.106. The summed E-state index contributed by atoms with van der Waals surface area (Å²) in [6.07, 6.45) is 0.813. The first-order valence-electron chi connectivity index (χ1n) is 9.78. The van der Waals surface area contributed by atoms with Crippen molar-refractivity contribution < 1.29 is 13.9 Å². The quantitative estimate of drug-likeness (QED) is 0.553. The highest BCUT2D eigenvalue weighted by molar-refractivity contribution is 5.80. The number of para-hydroxylation sites is 2. The van der Waals surface area contributed by atoms with E-state index < -0.39 is 0 Å². The molecule has 0 bridgehead atoms. The Morgan fingerprint density at radius 1 is 1.21 bits per heavy atom. The van der Waals surface area contributed by atoms with E-state index in [1.165, 1.54) is 12.1 Å². The zero-order valence-corrected chi connectivity index (χ0v) is 17.2. The number of hydrogen-bond donors (Lipinski definition) is 2. The van der Waals surface area contributed by atoms with Gasteiger partial charge in [0.1, 0.15) is 11.6 Å². The van der Waals surface area contributed by atoms with Crippen molar-refractivity contribution in [2.45, 2.75) is 18.6 Å². The van der Waals surface area contributed by atoms with Crippen molar-refractivity contribution in [2.75, 3.05) is 45.8 Å². The van der Waals surface area contributed by atoms with Gasteiger partial charge in [-0.15, -0.1) is 0 Å². The zero-order chi connectivity index (χ0) is 20.6. The number of guanidine groups is 1. The van der Waals surface area contributed by atoms with Crippen LogP contribution >= 0.6 is 0 Å². The van der Waals surface area contributed by atoms with Gasteiger partial charge in [-0.2, -0.15) is 0 Å². The fourth-order valence-electron chi connectivity index (χ4n) is 3.58. The normalized spacial score (nSPS) is 17.9. The Morgan fingerprint density at radius 3 is 2.66 bits per heavy atom. The molecule has 156 valence electrons. The first-order chi connectivity index (χ1) is 14.1. The number of nitrogens with one attached hydrogen (secondary N) is 2. The Bertz CT molecular complexity index is 813. The van der Waals surface area contributed by atoms with Crippen LogP contribution in [0.2, 0.25) is 0 Å². The third-order valence-electron chi connectivity index (χ3n) is 5.16. The molecule has 2 unspecified atom stereocenters. The molecule has 1 aliphatic rings. The molecule has 6 nitrogen and oxygen atoms in total. The van der Waals surface area contributed by atoms with Crippen molar-refractivity contribution in [1.82, 2.24) is 10.6 Å². The number of hydrogen-bond acceptors (Lipinski definition) is 4. The second-order valence-corrected chi connectivity index (χ2v) is 6.98. The van der Waals surface area contributed by atoms with Gasteiger partial charge in [-0.1, -0.05) is 24.3 Å². The summed E-state index contributed by atoms with van der Waals surface area (Å²) in [6, 6.07) is 14.7. The second-order valence-electron chi connectivity index (χ2n) is 6.98. The van der Waals surface area contributed by atoms with Crippen molar-refractivity contribution in [3.63, 3.8) is 0 Å². The van der Waals surface area contributed by atoms with Gasteiger partial charge in [-0.3, -0.25) is 4.99 Å². The first kappa shape index (κ1) is 20.9. The Labute approximate surface area is 171 Å². The fourth-order valence-corrected chi connectivity index (χ4v) is 3.58. The molecule has 2 N–H and O–H groups in total.